The Morgan fingerprint density at radius 2 is 1.86 bits per heavy atom. The van der Waals surface area contributed by atoms with Gasteiger partial charge in [-0.1, -0.05) is 6.07 Å². The number of hydrogen-bond donors (Lipinski definition) is 1. The van der Waals surface area contributed by atoms with E-state index in [-0.39, 0.29) is 5.56 Å². The van der Waals surface area contributed by atoms with Crippen molar-refractivity contribution in [2.45, 2.75) is 13.0 Å². The number of carbonyl (C=O) groups excluding carboxylic acids is 2. The summed E-state index contributed by atoms with van der Waals surface area (Å²) in [5.74, 6) is -1.74. The van der Waals surface area contributed by atoms with Gasteiger partial charge in [-0.25, -0.2) is 13.6 Å². The number of methoxy groups -OCH3 is 2. The maximum Gasteiger partial charge on any atom is 0.331 e. The van der Waals surface area contributed by atoms with Gasteiger partial charge in [0.05, 0.1) is 20.3 Å². The molecule has 0 aliphatic carbocycles. The summed E-state index contributed by atoms with van der Waals surface area (Å²) < 4.78 is 41.9. The predicted molar refractivity (Wildman–Crippen MR) is 102 cm³/mol. The van der Waals surface area contributed by atoms with Crippen molar-refractivity contribution in [3.63, 3.8) is 0 Å². The molecule has 1 amide bonds. The Labute approximate surface area is 167 Å². The van der Waals surface area contributed by atoms with Crippen molar-refractivity contribution in [3.05, 3.63) is 65.2 Å². The Bertz CT molecular complexity index is 914. The number of hydrogen-bond acceptors (Lipinski definition) is 5. The van der Waals surface area contributed by atoms with Crippen LogP contribution in [0.15, 0.2) is 42.5 Å². The maximum atomic E-state index is 13.7. The number of halogens is 2. The first-order valence-electron chi connectivity index (χ1n) is 8.65. The highest BCUT2D eigenvalue weighted by molar-refractivity contribution is 5.89. The molecule has 0 heterocycles. The van der Waals surface area contributed by atoms with Crippen LogP contribution in [0.5, 0.6) is 11.5 Å². The molecule has 1 N–H and O–H groups in total. The van der Waals surface area contributed by atoms with E-state index in [0.29, 0.717) is 17.1 Å². The van der Waals surface area contributed by atoms with Gasteiger partial charge in [-0.05, 0) is 31.2 Å². The van der Waals surface area contributed by atoms with Gasteiger partial charge in [0.1, 0.15) is 23.1 Å². The molecule has 154 valence electrons. The molecule has 2 rings (SSSR count). The molecular formula is C21H21F2NO5. The summed E-state index contributed by atoms with van der Waals surface area (Å²) >= 11 is 0. The molecule has 0 aromatic heterocycles. The van der Waals surface area contributed by atoms with Crippen molar-refractivity contribution < 1.29 is 32.6 Å². The fraction of sp³-hybridized carbons (Fsp3) is 0.238. The minimum absolute atomic E-state index is 0.123. The Balaban J connectivity index is 1.88. The maximum absolute atomic E-state index is 13.7. The zero-order valence-corrected chi connectivity index (χ0v) is 16.2. The van der Waals surface area contributed by atoms with Crippen LogP contribution in [0.1, 0.15) is 24.1 Å². The van der Waals surface area contributed by atoms with Crippen LogP contribution in [0, 0.1) is 11.6 Å². The molecule has 0 unspecified atom stereocenters. The zero-order chi connectivity index (χ0) is 21.4. The summed E-state index contributed by atoms with van der Waals surface area (Å²) in [7, 11) is 3.01. The van der Waals surface area contributed by atoms with Crippen molar-refractivity contribution in [1.82, 2.24) is 5.32 Å². The number of carbonyl (C=O) groups is 2. The van der Waals surface area contributed by atoms with Gasteiger partial charge in [-0.2, -0.15) is 0 Å². The Morgan fingerprint density at radius 1 is 1.10 bits per heavy atom. The highest BCUT2D eigenvalue weighted by Gasteiger charge is 2.15. The minimum atomic E-state index is -0.772. The summed E-state index contributed by atoms with van der Waals surface area (Å²) in [5.41, 5.74) is 0.743. The molecule has 0 aliphatic rings. The molecule has 0 spiro atoms. The minimum Gasteiger partial charge on any atom is -0.497 e. The van der Waals surface area contributed by atoms with E-state index in [0.717, 1.165) is 18.2 Å². The summed E-state index contributed by atoms with van der Waals surface area (Å²) in [6.07, 6.45) is 2.63. The van der Waals surface area contributed by atoms with Gasteiger partial charge in [0.25, 0.3) is 5.91 Å². The molecule has 29 heavy (non-hydrogen) atoms. The first kappa shape index (κ1) is 21.9. The van der Waals surface area contributed by atoms with Crippen LogP contribution in [-0.2, 0) is 14.3 Å². The van der Waals surface area contributed by atoms with Gasteiger partial charge in [-0.15, -0.1) is 0 Å². The molecule has 0 radical (unpaired) electrons. The molecule has 2 aromatic carbocycles. The molecule has 0 saturated carbocycles. The first-order chi connectivity index (χ1) is 13.8. The second-order valence-corrected chi connectivity index (χ2v) is 6.00. The lowest BCUT2D eigenvalue weighted by molar-refractivity contribution is -0.144. The summed E-state index contributed by atoms with van der Waals surface area (Å²) in [5, 5.41) is 2.48. The standard InChI is InChI=1S/C21H21F2NO5/c1-13(17-8-6-15(22)10-18(17)23)24-20(25)12-29-21(26)9-5-14-4-7-16(27-2)11-19(14)28-3/h4-11,13H,12H2,1-3H3,(H,24,25)/b9-5+/t13-/m0/s1. The molecule has 2 aromatic rings. The van der Waals surface area contributed by atoms with Crippen LogP contribution in [0.2, 0.25) is 0 Å². The molecule has 0 bridgehead atoms. The number of esters is 1. The number of amides is 1. The van der Waals surface area contributed by atoms with E-state index < -0.39 is 36.2 Å². The van der Waals surface area contributed by atoms with Crippen LogP contribution in [0.3, 0.4) is 0 Å². The second kappa shape index (κ2) is 10.2. The van der Waals surface area contributed by atoms with Crippen molar-refractivity contribution in [2.75, 3.05) is 20.8 Å². The van der Waals surface area contributed by atoms with Crippen LogP contribution in [0.25, 0.3) is 6.08 Å². The largest absolute Gasteiger partial charge is 0.497 e. The van der Waals surface area contributed by atoms with Crippen molar-refractivity contribution in [2.24, 2.45) is 0 Å². The zero-order valence-electron chi connectivity index (χ0n) is 16.2. The quantitative estimate of drug-likeness (QED) is 0.538. The van der Waals surface area contributed by atoms with Crippen LogP contribution >= 0.6 is 0 Å². The lowest BCUT2D eigenvalue weighted by atomic mass is 10.1. The molecule has 0 aliphatic heterocycles. The highest BCUT2D eigenvalue weighted by Crippen LogP contribution is 2.25. The summed E-state index contributed by atoms with van der Waals surface area (Å²) in [6.45, 7) is 0.988. The van der Waals surface area contributed by atoms with E-state index in [9.17, 15) is 18.4 Å². The number of rotatable bonds is 8. The normalized spacial score (nSPS) is 11.8. The first-order valence-corrected chi connectivity index (χ1v) is 8.65. The number of nitrogens with one attached hydrogen (secondary N) is 1. The van der Waals surface area contributed by atoms with E-state index in [1.807, 2.05) is 0 Å². The molecule has 0 fully saturated rings. The second-order valence-electron chi connectivity index (χ2n) is 6.00. The third-order valence-corrected chi connectivity index (χ3v) is 3.99. The molecule has 1 atom stereocenters. The van der Waals surface area contributed by atoms with Gasteiger partial charge in [-0.3, -0.25) is 4.79 Å². The van der Waals surface area contributed by atoms with Crippen LogP contribution in [-0.4, -0.2) is 32.7 Å². The predicted octanol–water partition coefficient (Wildman–Crippen LogP) is 3.42. The topological polar surface area (TPSA) is 73.9 Å². The summed E-state index contributed by atoms with van der Waals surface area (Å²) in [6, 6.07) is 7.42. The van der Waals surface area contributed by atoms with Crippen molar-refractivity contribution >= 4 is 18.0 Å². The van der Waals surface area contributed by atoms with Crippen molar-refractivity contribution in [1.29, 1.82) is 0 Å². The van der Waals surface area contributed by atoms with Gasteiger partial charge in [0.15, 0.2) is 6.61 Å². The average Bonchev–Trinajstić information content (AvgIpc) is 2.70. The lowest BCUT2D eigenvalue weighted by Crippen LogP contribution is -2.31. The molecular weight excluding hydrogens is 384 g/mol. The molecule has 6 nitrogen and oxygen atoms in total. The highest BCUT2D eigenvalue weighted by atomic mass is 19.1. The summed E-state index contributed by atoms with van der Waals surface area (Å²) in [4.78, 5) is 23.7. The van der Waals surface area contributed by atoms with Gasteiger partial charge in [0, 0.05) is 29.3 Å². The van der Waals surface area contributed by atoms with Gasteiger partial charge in [0.2, 0.25) is 0 Å². The lowest BCUT2D eigenvalue weighted by Gasteiger charge is -2.15. The fourth-order valence-corrected chi connectivity index (χ4v) is 2.51. The molecule has 0 saturated heterocycles. The Kier molecular flexibility index (Phi) is 7.70. The van der Waals surface area contributed by atoms with Gasteiger partial charge >= 0.3 is 5.97 Å². The Morgan fingerprint density at radius 3 is 2.52 bits per heavy atom. The number of benzene rings is 2. The fourth-order valence-electron chi connectivity index (χ4n) is 2.51. The van der Waals surface area contributed by atoms with E-state index >= 15 is 0 Å². The van der Waals surface area contributed by atoms with E-state index in [4.69, 9.17) is 14.2 Å². The van der Waals surface area contributed by atoms with E-state index in [2.05, 4.69) is 5.32 Å². The van der Waals surface area contributed by atoms with Crippen LogP contribution in [0.4, 0.5) is 8.78 Å². The van der Waals surface area contributed by atoms with E-state index in [1.165, 1.54) is 33.3 Å². The number of ether oxygens (including phenoxy) is 3. The average molecular weight is 405 g/mol. The Hall–Kier alpha value is -3.42. The third kappa shape index (κ3) is 6.31. The monoisotopic (exact) mass is 405 g/mol. The van der Waals surface area contributed by atoms with E-state index in [1.54, 1.807) is 18.2 Å². The van der Waals surface area contributed by atoms with Gasteiger partial charge < -0.3 is 19.5 Å². The molecule has 8 heteroatoms. The van der Waals surface area contributed by atoms with Crippen molar-refractivity contribution in [3.8, 4) is 11.5 Å². The third-order valence-electron chi connectivity index (χ3n) is 3.99. The van der Waals surface area contributed by atoms with Crippen LogP contribution < -0.4 is 14.8 Å². The SMILES string of the molecule is COc1ccc(/C=C/C(=O)OCC(=O)N[C@@H](C)c2ccc(F)cc2F)c(OC)c1. The smallest absolute Gasteiger partial charge is 0.331 e.